The molecule has 2 fully saturated rings. The second-order valence-corrected chi connectivity index (χ2v) is 20.2. The summed E-state index contributed by atoms with van der Waals surface area (Å²) in [5.41, 5.74) is 0.143. The molecule has 0 aliphatic heterocycles. The molecule has 2 aromatic rings. The minimum atomic E-state index is -0.666. The van der Waals surface area contributed by atoms with Crippen LogP contribution < -0.4 is 20.1 Å². The average Bonchev–Trinajstić information content (AvgIpc) is 3.12. The van der Waals surface area contributed by atoms with Crippen LogP contribution >= 0.6 is 0 Å². The minimum Gasteiger partial charge on any atom is -0.444 e. The fourth-order valence-electron chi connectivity index (χ4n) is 10.5. The van der Waals surface area contributed by atoms with Crippen molar-refractivity contribution in [2.75, 3.05) is 0 Å². The lowest BCUT2D eigenvalue weighted by Gasteiger charge is -2.49. The van der Waals surface area contributed by atoms with Gasteiger partial charge in [-0.15, -0.1) is 0 Å². The third kappa shape index (κ3) is 10.6. The maximum absolute atomic E-state index is 15.8. The van der Waals surface area contributed by atoms with E-state index in [0.717, 1.165) is 75.3 Å². The van der Waals surface area contributed by atoms with Crippen LogP contribution in [0.15, 0.2) is 24.3 Å². The Hall–Kier alpha value is -4.22. The van der Waals surface area contributed by atoms with Crippen molar-refractivity contribution in [3.63, 3.8) is 0 Å². The molecule has 0 heterocycles. The number of esters is 2. The fourth-order valence-corrected chi connectivity index (χ4v) is 10.5. The predicted octanol–water partition coefficient (Wildman–Crippen LogP) is 10.6. The zero-order chi connectivity index (χ0) is 43.6. The van der Waals surface area contributed by atoms with Crippen LogP contribution in [0.4, 0.5) is 18.4 Å². The van der Waals surface area contributed by atoms with Gasteiger partial charge in [0.15, 0.2) is 0 Å². The van der Waals surface area contributed by atoms with E-state index in [1.54, 1.807) is 12.1 Å². The van der Waals surface area contributed by atoms with E-state index in [4.69, 9.17) is 18.9 Å². The van der Waals surface area contributed by atoms with E-state index in [9.17, 15) is 19.2 Å². The highest BCUT2D eigenvalue weighted by Crippen LogP contribution is 2.50. The van der Waals surface area contributed by atoms with Crippen LogP contribution in [0.3, 0.4) is 0 Å². The van der Waals surface area contributed by atoms with Crippen molar-refractivity contribution in [2.45, 2.75) is 192 Å². The van der Waals surface area contributed by atoms with Gasteiger partial charge in [0.1, 0.15) is 34.3 Å². The largest absolute Gasteiger partial charge is 0.444 e. The molecule has 0 aromatic heterocycles. The molecule has 330 valence electrons. The Morgan fingerprint density at radius 2 is 1.00 bits per heavy atom. The van der Waals surface area contributed by atoms with Crippen molar-refractivity contribution in [1.82, 2.24) is 10.6 Å². The molecule has 6 rings (SSSR count). The van der Waals surface area contributed by atoms with E-state index < -0.39 is 57.8 Å². The summed E-state index contributed by atoms with van der Waals surface area (Å²) < 4.78 is 54.3. The highest BCUT2D eigenvalue weighted by Gasteiger charge is 2.49. The second kappa shape index (κ2) is 18.0. The summed E-state index contributed by atoms with van der Waals surface area (Å²) in [6, 6.07) is 5.48. The van der Waals surface area contributed by atoms with E-state index in [1.165, 1.54) is 12.1 Å². The molecule has 60 heavy (non-hydrogen) atoms. The molecule has 0 saturated heterocycles. The van der Waals surface area contributed by atoms with Crippen molar-refractivity contribution in [3.8, 4) is 11.5 Å². The van der Waals surface area contributed by atoms with E-state index in [2.05, 4.69) is 24.5 Å². The van der Waals surface area contributed by atoms with Gasteiger partial charge in [-0.05, 0) is 139 Å². The highest BCUT2D eigenvalue weighted by molar-refractivity contribution is 5.74. The SMILES string of the molecule is CC(C)(C)OC(=O)N[C@H]1[C@H]2CCCCC[C@]1(C)c1cc(OC(=O)CCCCC(=O)Oc3cc(F)c4c(c3)[C@@]3(C)CCCCC[C@@H](C4)[C@@H]3NC(=O)OC(C)(C)C)cc(F)c1C2. The minimum absolute atomic E-state index is 0.00676. The summed E-state index contributed by atoms with van der Waals surface area (Å²) in [5, 5.41) is 6.29. The number of fused-ring (bicyclic) bond motifs is 8. The molecule has 2 saturated carbocycles. The van der Waals surface area contributed by atoms with Gasteiger partial charge in [-0.2, -0.15) is 0 Å². The molecule has 0 unspecified atom stereocenters. The van der Waals surface area contributed by atoms with Crippen LogP contribution in [0.1, 0.15) is 168 Å². The molecule has 4 aliphatic carbocycles. The summed E-state index contributed by atoms with van der Waals surface area (Å²) in [5.74, 6) is -1.68. The molecule has 6 atom stereocenters. The normalized spacial score (nSPS) is 26.4. The standard InChI is InChI=1S/C48H66F2N2O8/c1-45(2,3)59-43(55)51-41-29-17-11-9-15-21-47(41,7)35-25-31(27-37(49)33(35)23-29)57-39(53)19-13-14-20-40(54)58-32-26-36-34(38(50)28-32)24-30-18-12-10-16-22-48(36,8)42(30)52-44(56)60-46(4,5)6/h25-30,41-42H,9-24H2,1-8H3,(H,51,55)(H,52,56)/t29-,30-,41-,42-,47+,48+/m0/s1. The van der Waals surface area contributed by atoms with E-state index in [1.807, 2.05) is 41.5 Å². The van der Waals surface area contributed by atoms with Crippen LogP contribution in [0.5, 0.6) is 11.5 Å². The fraction of sp³-hybridized carbons (Fsp3) is 0.667. The summed E-state index contributed by atoms with van der Waals surface area (Å²) in [7, 11) is 0. The Labute approximate surface area is 354 Å². The van der Waals surface area contributed by atoms with Crippen molar-refractivity contribution in [3.05, 3.63) is 58.2 Å². The highest BCUT2D eigenvalue weighted by atomic mass is 19.1. The van der Waals surface area contributed by atoms with Gasteiger partial charge in [0.05, 0.1) is 0 Å². The Morgan fingerprint density at radius 3 is 1.37 bits per heavy atom. The zero-order valence-electron chi connectivity index (χ0n) is 37.0. The Morgan fingerprint density at radius 1 is 0.617 bits per heavy atom. The number of unbranched alkanes of at least 4 members (excludes halogenated alkanes) is 1. The molecule has 0 spiro atoms. The van der Waals surface area contributed by atoms with Crippen LogP contribution in [-0.2, 0) is 42.7 Å². The van der Waals surface area contributed by atoms with Gasteiger partial charge in [-0.25, -0.2) is 18.4 Å². The Balaban J connectivity index is 1.07. The van der Waals surface area contributed by atoms with Crippen LogP contribution in [-0.4, -0.2) is 47.4 Å². The van der Waals surface area contributed by atoms with E-state index in [-0.39, 0.29) is 48.3 Å². The summed E-state index contributed by atoms with van der Waals surface area (Å²) in [6.07, 6.45) is 9.65. The third-order valence-corrected chi connectivity index (χ3v) is 13.2. The number of alkyl carbamates (subject to hydrolysis) is 2. The van der Waals surface area contributed by atoms with Crippen LogP contribution in [0.2, 0.25) is 0 Å². The number of carbonyl (C=O) groups excluding carboxylic acids is 4. The van der Waals surface area contributed by atoms with Gasteiger partial charge in [0.2, 0.25) is 0 Å². The first-order chi connectivity index (χ1) is 28.1. The number of hydrogen-bond acceptors (Lipinski definition) is 8. The molecular formula is C48H66F2N2O8. The number of halogens is 2. The molecule has 4 bridgehead atoms. The first-order valence-corrected chi connectivity index (χ1v) is 22.2. The van der Waals surface area contributed by atoms with Crippen molar-refractivity contribution in [1.29, 1.82) is 0 Å². The number of ether oxygens (including phenoxy) is 4. The molecular weight excluding hydrogens is 771 g/mol. The zero-order valence-corrected chi connectivity index (χ0v) is 37.0. The van der Waals surface area contributed by atoms with Crippen molar-refractivity contribution in [2.24, 2.45) is 11.8 Å². The Kier molecular flexibility index (Phi) is 13.6. The lowest BCUT2D eigenvalue weighted by Crippen LogP contribution is -2.57. The van der Waals surface area contributed by atoms with Crippen LogP contribution in [0, 0.1) is 23.5 Å². The molecule has 0 radical (unpaired) electrons. The van der Waals surface area contributed by atoms with Gasteiger partial charge >= 0.3 is 24.1 Å². The number of amides is 2. The quantitative estimate of drug-likeness (QED) is 0.145. The second-order valence-electron chi connectivity index (χ2n) is 20.2. The van der Waals surface area contributed by atoms with E-state index >= 15 is 8.78 Å². The maximum atomic E-state index is 15.8. The molecule has 2 amide bonds. The van der Waals surface area contributed by atoms with Gasteiger partial charge in [-0.1, -0.05) is 52.4 Å². The number of nitrogens with one attached hydrogen (secondary N) is 2. The first kappa shape index (κ1) is 45.3. The van der Waals surface area contributed by atoms with Gasteiger partial charge in [0.25, 0.3) is 0 Å². The van der Waals surface area contributed by atoms with Crippen molar-refractivity contribution >= 4 is 24.1 Å². The lowest BCUT2D eigenvalue weighted by molar-refractivity contribution is -0.136. The molecule has 2 aromatic carbocycles. The van der Waals surface area contributed by atoms with Gasteiger partial charge < -0.3 is 29.6 Å². The topological polar surface area (TPSA) is 129 Å². The van der Waals surface area contributed by atoms with E-state index in [0.29, 0.717) is 36.8 Å². The van der Waals surface area contributed by atoms with Gasteiger partial charge in [0, 0.05) is 47.9 Å². The van der Waals surface area contributed by atoms with Crippen LogP contribution in [0.25, 0.3) is 0 Å². The lowest BCUT2D eigenvalue weighted by atomic mass is 9.59. The average molecular weight is 837 g/mol. The summed E-state index contributed by atoms with van der Waals surface area (Å²) >= 11 is 0. The van der Waals surface area contributed by atoms with Gasteiger partial charge in [-0.3, -0.25) is 9.59 Å². The Bertz CT molecular complexity index is 1800. The number of carbonyl (C=O) groups is 4. The molecule has 10 nitrogen and oxygen atoms in total. The maximum Gasteiger partial charge on any atom is 0.407 e. The monoisotopic (exact) mass is 836 g/mol. The number of rotatable bonds is 9. The molecule has 2 N–H and O–H groups in total. The third-order valence-electron chi connectivity index (χ3n) is 13.2. The summed E-state index contributed by atoms with van der Waals surface area (Å²) in [4.78, 5) is 52.1. The van der Waals surface area contributed by atoms with Crippen molar-refractivity contribution < 1.29 is 46.9 Å². The predicted molar refractivity (Wildman–Crippen MR) is 224 cm³/mol. The number of hydrogen-bond donors (Lipinski definition) is 2. The number of benzene rings is 2. The smallest absolute Gasteiger partial charge is 0.407 e. The summed E-state index contributed by atoms with van der Waals surface area (Å²) in [6.45, 7) is 15.0. The molecule has 12 heteroatoms. The first-order valence-electron chi connectivity index (χ1n) is 22.2. The molecule has 4 aliphatic rings.